The molecule has 0 atom stereocenters. The van der Waals surface area contributed by atoms with Crippen molar-refractivity contribution in [1.82, 2.24) is 9.78 Å². The number of Topliss-reactive ketones (excluding diaryl/α,β-unsaturated/α-hetero) is 1. The summed E-state index contributed by atoms with van der Waals surface area (Å²) in [7, 11) is 0. The molecule has 16 heavy (non-hydrogen) atoms. The van der Waals surface area contributed by atoms with Crippen molar-refractivity contribution in [2.24, 2.45) is 0 Å². The van der Waals surface area contributed by atoms with E-state index in [4.69, 9.17) is 0 Å². The van der Waals surface area contributed by atoms with Gasteiger partial charge in [-0.15, -0.1) is 0 Å². The lowest BCUT2D eigenvalue weighted by molar-refractivity contribution is 0.0116. The second kappa shape index (κ2) is 4.37. The molecule has 1 fully saturated rings. The Hall–Kier alpha value is -1.16. The summed E-state index contributed by atoms with van der Waals surface area (Å²) in [5.41, 5.74) is -0.605. The lowest BCUT2D eigenvalue weighted by Gasteiger charge is -2.29. The summed E-state index contributed by atoms with van der Waals surface area (Å²) in [5.74, 6) is -0.160. The van der Waals surface area contributed by atoms with Crippen molar-refractivity contribution in [3.63, 3.8) is 0 Å². The van der Waals surface area contributed by atoms with Gasteiger partial charge in [0.15, 0.2) is 5.78 Å². The van der Waals surface area contributed by atoms with Crippen LogP contribution in [0.1, 0.15) is 49.4 Å². The largest absolute Gasteiger partial charge is 0.382 e. The van der Waals surface area contributed by atoms with Crippen molar-refractivity contribution in [2.45, 2.75) is 51.2 Å². The van der Waals surface area contributed by atoms with E-state index in [1.165, 1.54) is 0 Å². The zero-order chi connectivity index (χ0) is 11.6. The first-order valence-corrected chi connectivity index (χ1v) is 5.95. The van der Waals surface area contributed by atoms with Gasteiger partial charge in [-0.1, -0.05) is 19.3 Å². The molecule has 1 aliphatic rings. The van der Waals surface area contributed by atoms with Crippen LogP contribution >= 0.6 is 0 Å². The highest BCUT2D eigenvalue weighted by Crippen LogP contribution is 2.30. The molecular weight excluding hydrogens is 204 g/mol. The average molecular weight is 222 g/mol. The SMILES string of the molecule is CCn1cc(C(=O)C2(O)CCCCC2)cn1. The maximum Gasteiger partial charge on any atom is 0.197 e. The van der Waals surface area contributed by atoms with Crippen LogP contribution < -0.4 is 0 Å². The predicted octanol–water partition coefficient (Wildman–Crippen LogP) is 1.78. The molecule has 0 spiro atoms. The van der Waals surface area contributed by atoms with E-state index in [1.807, 2.05) is 6.92 Å². The highest BCUT2D eigenvalue weighted by Gasteiger charge is 2.37. The number of nitrogens with zero attached hydrogens (tertiary/aromatic N) is 2. The van der Waals surface area contributed by atoms with Crippen LogP contribution in [-0.4, -0.2) is 26.3 Å². The Morgan fingerprint density at radius 2 is 2.19 bits per heavy atom. The average Bonchev–Trinajstić information content (AvgIpc) is 2.77. The minimum atomic E-state index is -1.14. The van der Waals surface area contributed by atoms with Gasteiger partial charge >= 0.3 is 0 Å². The number of carbonyl (C=O) groups excluding carboxylic acids is 1. The first-order chi connectivity index (χ1) is 7.65. The van der Waals surface area contributed by atoms with Gasteiger partial charge in [0.2, 0.25) is 0 Å². The van der Waals surface area contributed by atoms with Crippen molar-refractivity contribution in [3.8, 4) is 0 Å². The Balaban J connectivity index is 2.17. The number of aromatic nitrogens is 2. The molecule has 0 bridgehead atoms. The van der Waals surface area contributed by atoms with Gasteiger partial charge < -0.3 is 5.11 Å². The zero-order valence-corrected chi connectivity index (χ0v) is 9.65. The lowest BCUT2D eigenvalue weighted by Crippen LogP contribution is -2.40. The fourth-order valence-corrected chi connectivity index (χ4v) is 2.29. The molecule has 4 heteroatoms. The molecule has 4 nitrogen and oxygen atoms in total. The smallest absolute Gasteiger partial charge is 0.197 e. The van der Waals surface area contributed by atoms with Gasteiger partial charge in [0, 0.05) is 12.7 Å². The molecule has 1 saturated carbocycles. The van der Waals surface area contributed by atoms with E-state index in [0.717, 1.165) is 25.8 Å². The third kappa shape index (κ3) is 2.02. The molecule has 1 N–H and O–H groups in total. The van der Waals surface area contributed by atoms with Crippen LogP contribution in [0.2, 0.25) is 0 Å². The quantitative estimate of drug-likeness (QED) is 0.793. The van der Waals surface area contributed by atoms with Gasteiger partial charge in [0.1, 0.15) is 5.60 Å². The Kier molecular flexibility index (Phi) is 3.10. The van der Waals surface area contributed by atoms with Crippen LogP contribution in [0.3, 0.4) is 0 Å². The first kappa shape index (κ1) is 11.3. The number of aryl methyl sites for hydroxylation is 1. The van der Waals surface area contributed by atoms with E-state index in [2.05, 4.69) is 5.10 Å². The molecule has 2 rings (SSSR count). The number of ketones is 1. The Bertz CT molecular complexity index is 378. The number of hydrogen-bond donors (Lipinski definition) is 1. The molecule has 0 unspecified atom stereocenters. The molecule has 1 heterocycles. The van der Waals surface area contributed by atoms with E-state index in [1.54, 1.807) is 17.1 Å². The van der Waals surface area contributed by atoms with E-state index in [9.17, 15) is 9.90 Å². The lowest BCUT2D eigenvalue weighted by atomic mass is 9.80. The van der Waals surface area contributed by atoms with E-state index in [-0.39, 0.29) is 5.78 Å². The second-order valence-corrected chi connectivity index (χ2v) is 4.51. The Labute approximate surface area is 95.3 Å². The molecule has 0 radical (unpaired) electrons. The normalized spacial score (nSPS) is 19.6. The minimum absolute atomic E-state index is 0.160. The Morgan fingerprint density at radius 1 is 1.50 bits per heavy atom. The molecule has 1 aliphatic carbocycles. The van der Waals surface area contributed by atoms with Crippen LogP contribution in [0, 0.1) is 0 Å². The summed E-state index contributed by atoms with van der Waals surface area (Å²) in [6.07, 6.45) is 7.43. The van der Waals surface area contributed by atoms with Crippen molar-refractivity contribution >= 4 is 5.78 Å². The van der Waals surface area contributed by atoms with Crippen LogP contribution in [0.25, 0.3) is 0 Å². The van der Waals surface area contributed by atoms with E-state index >= 15 is 0 Å². The van der Waals surface area contributed by atoms with Gasteiger partial charge in [-0.05, 0) is 19.8 Å². The first-order valence-electron chi connectivity index (χ1n) is 5.95. The van der Waals surface area contributed by atoms with Crippen molar-refractivity contribution in [2.75, 3.05) is 0 Å². The number of hydrogen-bond acceptors (Lipinski definition) is 3. The number of rotatable bonds is 3. The summed E-state index contributed by atoms with van der Waals surface area (Å²) in [6, 6.07) is 0. The maximum atomic E-state index is 12.1. The van der Waals surface area contributed by atoms with Crippen LogP contribution in [0.4, 0.5) is 0 Å². The van der Waals surface area contributed by atoms with Crippen LogP contribution in [0.5, 0.6) is 0 Å². The van der Waals surface area contributed by atoms with Gasteiger partial charge in [-0.2, -0.15) is 5.10 Å². The molecule has 1 aromatic heterocycles. The van der Waals surface area contributed by atoms with Gasteiger partial charge in [0.05, 0.1) is 11.8 Å². The van der Waals surface area contributed by atoms with E-state index < -0.39 is 5.60 Å². The topological polar surface area (TPSA) is 55.1 Å². The molecular formula is C12H18N2O2. The summed E-state index contributed by atoms with van der Waals surface area (Å²) >= 11 is 0. The standard InChI is InChI=1S/C12H18N2O2/c1-2-14-9-10(8-13-14)11(15)12(16)6-4-3-5-7-12/h8-9,16H,2-7H2,1H3. The highest BCUT2D eigenvalue weighted by molar-refractivity contribution is 6.02. The second-order valence-electron chi connectivity index (χ2n) is 4.51. The zero-order valence-electron chi connectivity index (χ0n) is 9.65. The molecule has 0 aliphatic heterocycles. The maximum absolute atomic E-state index is 12.1. The molecule has 0 aromatic carbocycles. The minimum Gasteiger partial charge on any atom is -0.382 e. The highest BCUT2D eigenvalue weighted by atomic mass is 16.3. The number of aliphatic hydroxyl groups is 1. The summed E-state index contributed by atoms with van der Waals surface area (Å²) in [5, 5.41) is 14.4. The van der Waals surface area contributed by atoms with Crippen molar-refractivity contribution < 1.29 is 9.90 Å². The van der Waals surface area contributed by atoms with Crippen LogP contribution in [0.15, 0.2) is 12.4 Å². The number of carbonyl (C=O) groups is 1. The molecule has 0 amide bonds. The fraction of sp³-hybridized carbons (Fsp3) is 0.667. The summed E-state index contributed by atoms with van der Waals surface area (Å²) < 4.78 is 1.71. The van der Waals surface area contributed by atoms with E-state index in [0.29, 0.717) is 18.4 Å². The van der Waals surface area contributed by atoms with Gasteiger partial charge in [-0.25, -0.2) is 0 Å². The Morgan fingerprint density at radius 3 is 2.75 bits per heavy atom. The van der Waals surface area contributed by atoms with Crippen molar-refractivity contribution in [3.05, 3.63) is 18.0 Å². The van der Waals surface area contributed by atoms with Crippen molar-refractivity contribution in [1.29, 1.82) is 0 Å². The molecule has 0 saturated heterocycles. The monoisotopic (exact) mass is 222 g/mol. The fourth-order valence-electron chi connectivity index (χ4n) is 2.29. The van der Waals surface area contributed by atoms with Gasteiger partial charge in [0.25, 0.3) is 0 Å². The molecule has 88 valence electrons. The van der Waals surface area contributed by atoms with Gasteiger partial charge in [-0.3, -0.25) is 9.48 Å². The third-order valence-corrected chi connectivity index (χ3v) is 3.32. The predicted molar refractivity (Wildman–Crippen MR) is 60.3 cm³/mol. The summed E-state index contributed by atoms with van der Waals surface area (Å²) in [6.45, 7) is 2.71. The van der Waals surface area contributed by atoms with Crippen LogP contribution in [-0.2, 0) is 6.54 Å². The third-order valence-electron chi connectivity index (χ3n) is 3.32. The summed E-state index contributed by atoms with van der Waals surface area (Å²) in [4.78, 5) is 12.1. The molecule has 1 aromatic rings.